The smallest absolute Gasteiger partial charge is 0.375 e. The van der Waals surface area contributed by atoms with Crippen LogP contribution in [0.5, 0.6) is 5.75 Å². The molecule has 3 amide bonds. The molecule has 0 spiro atoms. The molecule has 8 heteroatoms. The first-order valence-corrected chi connectivity index (χ1v) is 8.80. The molecular formula is C21H20N2O6. The fourth-order valence-corrected chi connectivity index (χ4v) is 2.82. The topological polar surface area (TPSA) is 107 Å². The molecule has 0 unspecified atom stereocenters. The van der Waals surface area contributed by atoms with Crippen LogP contribution in [-0.2, 0) is 9.53 Å². The lowest BCUT2D eigenvalue weighted by Crippen LogP contribution is -2.41. The van der Waals surface area contributed by atoms with E-state index in [9.17, 15) is 14.4 Å². The summed E-state index contributed by atoms with van der Waals surface area (Å²) in [6.07, 6.45) is -1.33. The Balaban J connectivity index is 1.92. The summed E-state index contributed by atoms with van der Waals surface area (Å²) in [5.74, 6) is -1.01. The van der Waals surface area contributed by atoms with Gasteiger partial charge in [-0.2, -0.15) is 0 Å². The maximum absolute atomic E-state index is 12.8. The average Bonchev–Trinajstić information content (AvgIpc) is 3.08. The molecule has 1 atom stereocenters. The maximum atomic E-state index is 12.8. The molecule has 29 heavy (non-hydrogen) atoms. The van der Waals surface area contributed by atoms with E-state index in [1.807, 2.05) is 0 Å². The predicted molar refractivity (Wildman–Crippen MR) is 105 cm³/mol. The number of amides is 3. The first kappa shape index (κ1) is 19.9. The van der Waals surface area contributed by atoms with E-state index in [2.05, 4.69) is 10.6 Å². The number of hydrogen-bond donors (Lipinski definition) is 2. The maximum Gasteiger partial charge on any atom is 0.375 e. The third-order valence-electron chi connectivity index (χ3n) is 4.36. The van der Waals surface area contributed by atoms with Crippen LogP contribution in [-0.4, -0.2) is 32.1 Å². The molecule has 2 aromatic carbocycles. The normalized spacial score (nSPS) is 11.6. The number of benzene rings is 2. The lowest BCUT2D eigenvalue weighted by molar-refractivity contribution is -0.129. The van der Waals surface area contributed by atoms with Crippen LogP contribution in [0.2, 0.25) is 0 Å². The van der Waals surface area contributed by atoms with Gasteiger partial charge in [0.2, 0.25) is 11.9 Å². The number of imide groups is 1. The Labute approximate surface area is 166 Å². The number of urea groups is 1. The summed E-state index contributed by atoms with van der Waals surface area (Å²) < 4.78 is 16.3. The van der Waals surface area contributed by atoms with Crippen LogP contribution >= 0.6 is 0 Å². The van der Waals surface area contributed by atoms with Crippen molar-refractivity contribution >= 4 is 28.9 Å². The fraction of sp³-hybridized carbons (Fsp3) is 0.190. The number of methoxy groups -OCH3 is 1. The summed E-state index contributed by atoms with van der Waals surface area (Å²) >= 11 is 0. The quantitative estimate of drug-likeness (QED) is 0.642. The zero-order valence-corrected chi connectivity index (χ0v) is 16.1. The molecule has 1 aromatic heterocycles. The Morgan fingerprint density at radius 1 is 1.07 bits per heavy atom. The van der Waals surface area contributed by atoms with Gasteiger partial charge in [0.15, 0.2) is 0 Å². The molecule has 0 fully saturated rings. The minimum Gasteiger partial charge on any atom is -0.497 e. The van der Waals surface area contributed by atoms with Crippen molar-refractivity contribution in [2.75, 3.05) is 14.2 Å². The number of carbonyl (C=O) groups excluding carboxylic acids is 3. The number of ether oxygens (including phenoxy) is 2. The second-order valence-electron chi connectivity index (χ2n) is 6.18. The highest BCUT2D eigenvalue weighted by Gasteiger charge is 2.29. The van der Waals surface area contributed by atoms with Crippen LogP contribution in [0.3, 0.4) is 0 Å². The number of carbonyl (C=O) groups is 3. The lowest BCUT2D eigenvalue weighted by atomic mass is 10.1. The van der Waals surface area contributed by atoms with Crippen molar-refractivity contribution in [2.45, 2.75) is 13.0 Å². The standard InChI is InChI=1S/C21H20N2O6/c1-12-15-11-14(27-3)9-10-16(15)28-17(12)20(25)29-18(13-7-5-4-6-8-13)19(24)23-21(26)22-2/h4-11,18H,1-3H3,(H2,22,23,24,26)/t18-/m1/s1. The van der Waals surface area contributed by atoms with Gasteiger partial charge in [-0.3, -0.25) is 10.1 Å². The molecule has 1 heterocycles. The summed E-state index contributed by atoms with van der Waals surface area (Å²) in [7, 11) is 2.92. The van der Waals surface area contributed by atoms with Crippen LogP contribution in [0.4, 0.5) is 4.79 Å². The predicted octanol–water partition coefficient (Wildman–Crippen LogP) is 3.10. The van der Waals surface area contributed by atoms with Gasteiger partial charge in [0.25, 0.3) is 5.91 Å². The van der Waals surface area contributed by atoms with E-state index in [0.29, 0.717) is 27.8 Å². The molecule has 3 aromatic rings. The Kier molecular flexibility index (Phi) is 5.82. The molecular weight excluding hydrogens is 376 g/mol. The molecule has 0 aliphatic carbocycles. The Morgan fingerprint density at radius 2 is 1.79 bits per heavy atom. The number of fused-ring (bicyclic) bond motifs is 1. The molecule has 3 rings (SSSR count). The van der Waals surface area contributed by atoms with Crippen molar-refractivity contribution in [1.29, 1.82) is 0 Å². The minimum atomic E-state index is -1.33. The van der Waals surface area contributed by atoms with Crippen LogP contribution in [0.1, 0.15) is 27.8 Å². The first-order valence-electron chi connectivity index (χ1n) is 8.80. The number of esters is 1. The van der Waals surface area contributed by atoms with E-state index < -0.39 is 24.0 Å². The second-order valence-corrected chi connectivity index (χ2v) is 6.18. The molecule has 0 radical (unpaired) electrons. The third-order valence-corrected chi connectivity index (χ3v) is 4.36. The van der Waals surface area contributed by atoms with E-state index in [1.54, 1.807) is 62.6 Å². The Hall–Kier alpha value is -3.81. The van der Waals surface area contributed by atoms with E-state index in [0.717, 1.165) is 0 Å². The molecule has 0 bridgehead atoms. The number of hydrogen-bond acceptors (Lipinski definition) is 6. The fourth-order valence-electron chi connectivity index (χ4n) is 2.82. The summed E-state index contributed by atoms with van der Waals surface area (Å²) in [5.41, 5.74) is 1.46. The van der Waals surface area contributed by atoms with E-state index >= 15 is 0 Å². The molecule has 0 saturated heterocycles. The van der Waals surface area contributed by atoms with Gasteiger partial charge < -0.3 is 19.2 Å². The van der Waals surface area contributed by atoms with Crippen molar-refractivity contribution < 1.29 is 28.3 Å². The average molecular weight is 396 g/mol. The van der Waals surface area contributed by atoms with Gasteiger partial charge in [-0.25, -0.2) is 9.59 Å². The number of furan rings is 1. The molecule has 8 nitrogen and oxygen atoms in total. The zero-order valence-electron chi connectivity index (χ0n) is 16.1. The lowest BCUT2D eigenvalue weighted by Gasteiger charge is -2.17. The van der Waals surface area contributed by atoms with Gasteiger partial charge >= 0.3 is 12.0 Å². The number of nitrogens with one attached hydrogen (secondary N) is 2. The van der Waals surface area contributed by atoms with Crippen LogP contribution in [0.15, 0.2) is 52.9 Å². The van der Waals surface area contributed by atoms with Crippen molar-refractivity contribution in [3.8, 4) is 5.75 Å². The highest BCUT2D eigenvalue weighted by atomic mass is 16.6. The van der Waals surface area contributed by atoms with Gasteiger partial charge in [-0.15, -0.1) is 0 Å². The molecule has 0 aliphatic heterocycles. The summed E-state index contributed by atoms with van der Waals surface area (Å²) in [4.78, 5) is 36.9. The van der Waals surface area contributed by atoms with Gasteiger partial charge in [0.05, 0.1) is 7.11 Å². The third kappa shape index (κ3) is 4.21. The van der Waals surface area contributed by atoms with Gasteiger partial charge in [-0.1, -0.05) is 30.3 Å². The Bertz CT molecular complexity index is 1060. The van der Waals surface area contributed by atoms with Crippen LogP contribution < -0.4 is 15.4 Å². The van der Waals surface area contributed by atoms with Crippen molar-refractivity contribution in [1.82, 2.24) is 10.6 Å². The number of aryl methyl sites for hydroxylation is 1. The van der Waals surface area contributed by atoms with Crippen LogP contribution in [0, 0.1) is 6.92 Å². The van der Waals surface area contributed by atoms with Crippen molar-refractivity contribution in [3.63, 3.8) is 0 Å². The van der Waals surface area contributed by atoms with Crippen LogP contribution in [0.25, 0.3) is 11.0 Å². The van der Waals surface area contributed by atoms with E-state index in [4.69, 9.17) is 13.9 Å². The second kappa shape index (κ2) is 8.47. The van der Waals surface area contributed by atoms with Gasteiger partial charge in [-0.05, 0) is 25.1 Å². The SMILES string of the molecule is CNC(=O)NC(=O)[C@H](OC(=O)c1oc2ccc(OC)cc2c1C)c1ccccc1. The molecule has 0 aliphatic rings. The molecule has 2 N–H and O–H groups in total. The van der Waals surface area contributed by atoms with E-state index in [-0.39, 0.29) is 5.76 Å². The van der Waals surface area contributed by atoms with E-state index in [1.165, 1.54) is 7.05 Å². The highest BCUT2D eigenvalue weighted by molar-refractivity contribution is 6.00. The summed E-state index contributed by atoms with van der Waals surface area (Å²) in [6.45, 7) is 1.71. The zero-order chi connectivity index (χ0) is 21.0. The highest BCUT2D eigenvalue weighted by Crippen LogP contribution is 2.30. The Morgan fingerprint density at radius 3 is 2.45 bits per heavy atom. The number of rotatable bonds is 5. The first-order chi connectivity index (χ1) is 13.9. The van der Waals surface area contributed by atoms with Gasteiger partial charge in [0.1, 0.15) is 11.3 Å². The van der Waals surface area contributed by atoms with Crippen molar-refractivity contribution in [3.05, 3.63) is 65.4 Å². The summed E-state index contributed by atoms with van der Waals surface area (Å²) in [5, 5.41) is 5.11. The van der Waals surface area contributed by atoms with Gasteiger partial charge in [0, 0.05) is 23.6 Å². The monoisotopic (exact) mass is 396 g/mol. The summed E-state index contributed by atoms with van der Waals surface area (Å²) in [6, 6.07) is 12.8. The minimum absolute atomic E-state index is 0.0260. The molecule has 150 valence electrons. The molecule has 0 saturated carbocycles. The largest absolute Gasteiger partial charge is 0.497 e. The van der Waals surface area contributed by atoms with Crippen molar-refractivity contribution in [2.24, 2.45) is 0 Å².